The van der Waals surface area contributed by atoms with Gasteiger partial charge in [-0.05, 0) is 17.7 Å². The van der Waals surface area contributed by atoms with Crippen molar-refractivity contribution in [2.45, 2.75) is 6.10 Å². The van der Waals surface area contributed by atoms with Gasteiger partial charge in [-0.2, -0.15) is 5.10 Å². The van der Waals surface area contributed by atoms with Crippen LogP contribution in [0.2, 0.25) is 0 Å². The van der Waals surface area contributed by atoms with E-state index in [1.807, 2.05) is 24.3 Å². The zero-order valence-electron chi connectivity index (χ0n) is 10.8. The molecule has 1 N–H and O–H groups in total. The number of nitrogens with one attached hydrogen (secondary N) is 1. The summed E-state index contributed by atoms with van der Waals surface area (Å²) in [6.07, 6.45) is 1.48. The molecule has 0 radical (unpaired) electrons. The Labute approximate surface area is 125 Å². The molecule has 3 rings (SSSR count). The van der Waals surface area contributed by atoms with Crippen LogP contribution in [0.25, 0.3) is 0 Å². The molecule has 0 aliphatic carbocycles. The average molecular weight is 336 g/mol. The van der Waals surface area contributed by atoms with Crippen LogP contribution in [0.1, 0.15) is 22.2 Å². The zero-order chi connectivity index (χ0) is 13.9. The lowest BCUT2D eigenvalue weighted by Crippen LogP contribution is -2.42. The molecule has 0 bridgehead atoms. The zero-order valence-corrected chi connectivity index (χ0v) is 12.3. The number of aromatic nitrogens is 2. The molecule has 0 spiro atoms. The Bertz CT molecular complexity index is 600. The average Bonchev–Trinajstić information content (AvgIpc) is 3.01. The maximum absolute atomic E-state index is 12.3. The number of halogens is 1. The minimum absolute atomic E-state index is 0.0390. The van der Waals surface area contributed by atoms with Gasteiger partial charge >= 0.3 is 0 Å². The van der Waals surface area contributed by atoms with Crippen molar-refractivity contribution < 1.29 is 9.53 Å². The summed E-state index contributed by atoms with van der Waals surface area (Å²) < 4.78 is 6.79. The molecule has 5 nitrogen and oxygen atoms in total. The highest BCUT2D eigenvalue weighted by molar-refractivity contribution is 9.10. The molecule has 0 saturated carbocycles. The Balaban J connectivity index is 1.77. The molecule has 1 aliphatic heterocycles. The third kappa shape index (κ3) is 2.62. The summed E-state index contributed by atoms with van der Waals surface area (Å²) in [7, 11) is 0. The van der Waals surface area contributed by atoms with Crippen molar-refractivity contribution in [1.82, 2.24) is 15.1 Å². The van der Waals surface area contributed by atoms with Gasteiger partial charge in [0.25, 0.3) is 5.91 Å². The summed E-state index contributed by atoms with van der Waals surface area (Å²) >= 11 is 3.53. The van der Waals surface area contributed by atoms with Crippen molar-refractivity contribution in [1.29, 1.82) is 0 Å². The second-order valence-electron chi connectivity index (χ2n) is 4.60. The van der Waals surface area contributed by atoms with E-state index in [4.69, 9.17) is 4.74 Å². The largest absolute Gasteiger partial charge is 0.370 e. The van der Waals surface area contributed by atoms with E-state index in [0.717, 1.165) is 10.0 Å². The number of morpholine rings is 1. The van der Waals surface area contributed by atoms with Crippen LogP contribution in [-0.2, 0) is 4.74 Å². The molecule has 1 atom stereocenters. The summed E-state index contributed by atoms with van der Waals surface area (Å²) in [5.74, 6) is -0.0390. The van der Waals surface area contributed by atoms with Crippen molar-refractivity contribution >= 4 is 21.8 Å². The first-order valence-electron chi connectivity index (χ1n) is 6.40. The first kappa shape index (κ1) is 13.3. The van der Waals surface area contributed by atoms with Gasteiger partial charge in [0.15, 0.2) is 0 Å². The summed E-state index contributed by atoms with van der Waals surface area (Å²) in [4.78, 5) is 14.1. The van der Waals surface area contributed by atoms with Crippen LogP contribution in [0.3, 0.4) is 0 Å². The molecule has 1 saturated heterocycles. The fourth-order valence-electron chi connectivity index (χ4n) is 2.30. The van der Waals surface area contributed by atoms with Gasteiger partial charge in [0.2, 0.25) is 0 Å². The number of ether oxygens (including phenoxy) is 1. The molecule has 0 unspecified atom stereocenters. The molecule has 20 heavy (non-hydrogen) atoms. The highest BCUT2D eigenvalue weighted by atomic mass is 79.9. The number of hydrogen-bond acceptors (Lipinski definition) is 3. The maximum atomic E-state index is 12.3. The van der Waals surface area contributed by atoms with E-state index in [1.54, 1.807) is 17.2 Å². The van der Waals surface area contributed by atoms with Gasteiger partial charge in [-0.3, -0.25) is 9.89 Å². The van der Waals surface area contributed by atoms with Gasteiger partial charge in [-0.25, -0.2) is 0 Å². The fourth-order valence-corrected chi connectivity index (χ4v) is 2.84. The number of H-pyrrole nitrogens is 1. The molecule has 6 heteroatoms. The first-order valence-corrected chi connectivity index (χ1v) is 7.19. The molecule has 2 aromatic rings. The van der Waals surface area contributed by atoms with E-state index in [1.165, 1.54) is 0 Å². The molecular weight excluding hydrogens is 322 g/mol. The number of carbonyl (C=O) groups is 1. The fraction of sp³-hybridized carbons (Fsp3) is 0.286. The number of amides is 1. The second kappa shape index (κ2) is 5.76. The molecule has 1 aromatic heterocycles. The standard InChI is InChI=1S/C14H14BrN3O2/c15-11-4-2-1-3-10(11)13-9-18(7-8-20-13)14(19)12-5-6-16-17-12/h1-6,13H,7-9H2,(H,16,17)/t13-/m1/s1. The lowest BCUT2D eigenvalue weighted by molar-refractivity contribution is -0.0233. The molecule has 1 aromatic carbocycles. The normalized spacial score (nSPS) is 19.1. The smallest absolute Gasteiger partial charge is 0.272 e. The highest BCUT2D eigenvalue weighted by Crippen LogP contribution is 2.28. The number of carbonyl (C=O) groups excluding carboxylic acids is 1. The lowest BCUT2D eigenvalue weighted by atomic mass is 10.1. The Morgan fingerprint density at radius 3 is 3.00 bits per heavy atom. The highest BCUT2D eigenvalue weighted by Gasteiger charge is 2.27. The minimum atomic E-state index is -0.105. The number of nitrogens with zero attached hydrogens (tertiary/aromatic N) is 2. The Kier molecular flexibility index (Phi) is 3.84. The third-order valence-electron chi connectivity index (χ3n) is 3.34. The SMILES string of the molecule is O=C(c1ccn[nH]1)N1CCO[C@@H](c2ccccc2Br)C1. The quantitative estimate of drug-likeness (QED) is 0.916. The predicted molar refractivity (Wildman–Crippen MR) is 77.3 cm³/mol. The van der Waals surface area contributed by atoms with E-state index < -0.39 is 0 Å². The Morgan fingerprint density at radius 2 is 2.25 bits per heavy atom. The number of hydrogen-bond donors (Lipinski definition) is 1. The van der Waals surface area contributed by atoms with Crippen molar-refractivity contribution in [3.05, 3.63) is 52.3 Å². The van der Waals surface area contributed by atoms with E-state index in [9.17, 15) is 4.79 Å². The van der Waals surface area contributed by atoms with Gasteiger partial charge in [-0.1, -0.05) is 34.1 Å². The van der Waals surface area contributed by atoms with Gasteiger partial charge in [0.1, 0.15) is 11.8 Å². The molecular formula is C14H14BrN3O2. The molecule has 1 amide bonds. The number of aromatic amines is 1. The van der Waals surface area contributed by atoms with Crippen molar-refractivity contribution in [3.63, 3.8) is 0 Å². The monoisotopic (exact) mass is 335 g/mol. The topological polar surface area (TPSA) is 58.2 Å². The lowest BCUT2D eigenvalue weighted by Gasteiger charge is -2.33. The van der Waals surface area contributed by atoms with Crippen molar-refractivity contribution in [3.8, 4) is 0 Å². The Hall–Kier alpha value is -1.66. The van der Waals surface area contributed by atoms with E-state index in [2.05, 4.69) is 26.1 Å². The van der Waals surface area contributed by atoms with Crippen LogP contribution in [-0.4, -0.2) is 40.7 Å². The van der Waals surface area contributed by atoms with Crippen LogP contribution >= 0.6 is 15.9 Å². The predicted octanol–water partition coefficient (Wildman–Crippen LogP) is 2.39. The van der Waals surface area contributed by atoms with Crippen LogP contribution in [0, 0.1) is 0 Å². The van der Waals surface area contributed by atoms with Gasteiger partial charge in [0.05, 0.1) is 13.2 Å². The van der Waals surface area contributed by atoms with Crippen LogP contribution in [0.15, 0.2) is 41.0 Å². The summed E-state index contributed by atoms with van der Waals surface area (Å²) in [5, 5.41) is 6.53. The number of rotatable bonds is 2. The van der Waals surface area contributed by atoms with Gasteiger partial charge in [-0.15, -0.1) is 0 Å². The van der Waals surface area contributed by atoms with Gasteiger partial charge < -0.3 is 9.64 Å². The van der Waals surface area contributed by atoms with Crippen molar-refractivity contribution in [2.24, 2.45) is 0 Å². The first-order chi connectivity index (χ1) is 9.75. The van der Waals surface area contributed by atoms with E-state index in [0.29, 0.717) is 25.4 Å². The van der Waals surface area contributed by atoms with Gasteiger partial charge in [0, 0.05) is 17.2 Å². The maximum Gasteiger partial charge on any atom is 0.272 e. The van der Waals surface area contributed by atoms with Crippen LogP contribution < -0.4 is 0 Å². The molecule has 104 valence electrons. The Morgan fingerprint density at radius 1 is 1.40 bits per heavy atom. The van der Waals surface area contributed by atoms with Crippen LogP contribution in [0.4, 0.5) is 0 Å². The number of benzene rings is 1. The molecule has 2 heterocycles. The van der Waals surface area contributed by atoms with Crippen molar-refractivity contribution in [2.75, 3.05) is 19.7 Å². The minimum Gasteiger partial charge on any atom is -0.370 e. The summed E-state index contributed by atoms with van der Waals surface area (Å²) in [6, 6.07) is 9.61. The molecule has 1 fully saturated rings. The van der Waals surface area contributed by atoms with Crippen LogP contribution in [0.5, 0.6) is 0 Å². The summed E-state index contributed by atoms with van der Waals surface area (Å²) in [6.45, 7) is 1.67. The second-order valence-corrected chi connectivity index (χ2v) is 5.46. The van der Waals surface area contributed by atoms with E-state index >= 15 is 0 Å². The van der Waals surface area contributed by atoms with E-state index in [-0.39, 0.29) is 12.0 Å². The summed E-state index contributed by atoms with van der Waals surface area (Å²) in [5.41, 5.74) is 1.58. The molecule has 1 aliphatic rings. The third-order valence-corrected chi connectivity index (χ3v) is 4.06.